The highest BCUT2D eigenvalue weighted by Crippen LogP contribution is 2.23. The van der Waals surface area contributed by atoms with E-state index in [9.17, 15) is 0 Å². The fraction of sp³-hybridized carbons (Fsp3) is 0.474. The van der Waals surface area contributed by atoms with Crippen LogP contribution in [0.25, 0.3) is 0 Å². The lowest BCUT2D eigenvalue weighted by molar-refractivity contribution is 0.293. The highest BCUT2D eigenvalue weighted by molar-refractivity contribution is 5.80. The molecule has 134 valence electrons. The van der Waals surface area contributed by atoms with Crippen LogP contribution in [-0.2, 0) is 6.54 Å². The fourth-order valence-corrected chi connectivity index (χ4v) is 3.06. The highest BCUT2D eigenvalue weighted by atomic mass is 16.5. The molecule has 0 radical (unpaired) electrons. The number of hydrogen-bond donors (Lipinski definition) is 1. The van der Waals surface area contributed by atoms with Crippen LogP contribution in [0.5, 0.6) is 5.75 Å². The van der Waals surface area contributed by atoms with Crippen molar-refractivity contribution in [3.8, 4) is 5.75 Å². The van der Waals surface area contributed by atoms with Gasteiger partial charge in [0.1, 0.15) is 5.75 Å². The summed E-state index contributed by atoms with van der Waals surface area (Å²) in [5.74, 6) is 1.37. The van der Waals surface area contributed by atoms with Gasteiger partial charge in [0.25, 0.3) is 0 Å². The van der Waals surface area contributed by atoms with Gasteiger partial charge in [-0.25, -0.2) is 9.66 Å². The van der Waals surface area contributed by atoms with Gasteiger partial charge in [-0.05, 0) is 63.0 Å². The average molecular weight is 341 g/mol. The van der Waals surface area contributed by atoms with Crippen molar-refractivity contribution in [1.29, 1.82) is 0 Å². The first kappa shape index (κ1) is 17.5. The van der Waals surface area contributed by atoms with Gasteiger partial charge in [-0.2, -0.15) is 5.10 Å². The quantitative estimate of drug-likeness (QED) is 0.786. The van der Waals surface area contributed by atoms with E-state index in [0.717, 1.165) is 49.7 Å². The maximum atomic E-state index is 5.93. The molecule has 1 aliphatic heterocycles. The SMILES string of the molecule is CCCOc1ccc(C=Nn2cc(C)nc2N)cc1CN1CCCC1. The molecule has 0 saturated carbocycles. The van der Waals surface area contributed by atoms with Crippen LogP contribution >= 0.6 is 0 Å². The van der Waals surface area contributed by atoms with Crippen LogP contribution in [0.3, 0.4) is 0 Å². The topological polar surface area (TPSA) is 68.7 Å². The molecule has 0 aliphatic carbocycles. The zero-order valence-corrected chi connectivity index (χ0v) is 15.1. The summed E-state index contributed by atoms with van der Waals surface area (Å²) in [5, 5.41) is 4.41. The number of hydrogen-bond acceptors (Lipinski definition) is 5. The van der Waals surface area contributed by atoms with Crippen LogP contribution < -0.4 is 10.5 Å². The van der Waals surface area contributed by atoms with Crippen LogP contribution in [0.15, 0.2) is 29.5 Å². The summed E-state index contributed by atoms with van der Waals surface area (Å²) in [6.07, 6.45) is 7.20. The Bertz CT molecular complexity index is 731. The number of aryl methyl sites for hydroxylation is 1. The monoisotopic (exact) mass is 341 g/mol. The first-order valence-corrected chi connectivity index (χ1v) is 8.99. The Kier molecular flexibility index (Phi) is 5.71. The lowest BCUT2D eigenvalue weighted by atomic mass is 10.1. The summed E-state index contributed by atoms with van der Waals surface area (Å²) in [6.45, 7) is 8.01. The summed E-state index contributed by atoms with van der Waals surface area (Å²) in [6, 6.07) is 6.24. The second-order valence-electron chi connectivity index (χ2n) is 6.53. The van der Waals surface area contributed by atoms with Crippen LogP contribution in [0, 0.1) is 6.92 Å². The van der Waals surface area contributed by atoms with E-state index in [-0.39, 0.29) is 0 Å². The van der Waals surface area contributed by atoms with Crippen LogP contribution in [0.2, 0.25) is 0 Å². The zero-order valence-electron chi connectivity index (χ0n) is 15.1. The maximum absolute atomic E-state index is 5.93. The molecule has 1 saturated heterocycles. The number of benzene rings is 1. The van der Waals surface area contributed by atoms with Gasteiger partial charge in [-0.15, -0.1) is 0 Å². The van der Waals surface area contributed by atoms with Crippen molar-refractivity contribution in [2.45, 2.75) is 39.7 Å². The number of ether oxygens (including phenoxy) is 1. The molecule has 1 fully saturated rings. The van der Waals surface area contributed by atoms with Crippen LogP contribution in [0.4, 0.5) is 5.95 Å². The molecule has 25 heavy (non-hydrogen) atoms. The molecule has 1 aromatic carbocycles. The third-order valence-electron chi connectivity index (χ3n) is 4.30. The van der Waals surface area contributed by atoms with Crippen molar-refractivity contribution in [2.75, 3.05) is 25.4 Å². The van der Waals surface area contributed by atoms with E-state index in [1.54, 1.807) is 4.68 Å². The number of nitrogens with zero attached hydrogens (tertiary/aromatic N) is 4. The van der Waals surface area contributed by atoms with E-state index < -0.39 is 0 Å². The van der Waals surface area contributed by atoms with Gasteiger partial charge >= 0.3 is 0 Å². The van der Waals surface area contributed by atoms with E-state index in [1.165, 1.54) is 18.4 Å². The predicted molar refractivity (Wildman–Crippen MR) is 101 cm³/mol. The zero-order chi connectivity index (χ0) is 17.6. The average Bonchev–Trinajstić information content (AvgIpc) is 3.21. The van der Waals surface area contributed by atoms with Crippen molar-refractivity contribution >= 4 is 12.2 Å². The first-order chi connectivity index (χ1) is 12.2. The Morgan fingerprint density at radius 1 is 1.32 bits per heavy atom. The lowest BCUT2D eigenvalue weighted by Crippen LogP contribution is -2.19. The summed E-state index contributed by atoms with van der Waals surface area (Å²) in [4.78, 5) is 6.64. The number of imidazole rings is 1. The normalized spacial score (nSPS) is 15.3. The molecule has 6 heteroatoms. The largest absolute Gasteiger partial charge is 0.493 e. The van der Waals surface area contributed by atoms with Crippen molar-refractivity contribution in [3.63, 3.8) is 0 Å². The van der Waals surface area contributed by atoms with E-state index >= 15 is 0 Å². The Hall–Kier alpha value is -2.34. The molecule has 0 amide bonds. The summed E-state index contributed by atoms with van der Waals surface area (Å²) in [5.41, 5.74) is 8.94. The van der Waals surface area contributed by atoms with Gasteiger partial charge in [-0.3, -0.25) is 4.90 Å². The molecule has 2 aromatic rings. The molecule has 0 atom stereocenters. The fourth-order valence-electron chi connectivity index (χ4n) is 3.06. The Morgan fingerprint density at radius 2 is 2.12 bits per heavy atom. The summed E-state index contributed by atoms with van der Waals surface area (Å²) in [7, 11) is 0. The summed E-state index contributed by atoms with van der Waals surface area (Å²) < 4.78 is 7.52. The van der Waals surface area contributed by atoms with E-state index in [4.69, 9.17) is 10.5 Å². The summed E-state index contributed by atoms with van der Waals surface area (Å²) >= 11 is 0. The molecule has 2 heterocycles. The molecule has 6 nitrogen and oxygen atoms in total. The third kappa shape index (κ3) is 4.60. The smallest absolute Gasteiger partial charge is 0.221 e. The molecule has 0 spiro atoms. The van der Waals surface area contributed by atoms with Gasteiger partial charge in [0.15, 0.2) is 0 Å². The first-order valence-electron chi connectivity index (χ1n) is 8.99. The van der Waals surface area contributed by atoms with E-state index in [1.807, 2.05) is 31.5 Å². The number of aromatic nitrogens is 2. The minimum Gasteiger partial charge on any atom is -0.493 e. The molecule has 3 rings (SSSR count). The Labute approximate surface area is 149 Å². The number of rotatable bonds is 7. The standard InChI is InChI=1S/C19H27N5O/c1-3-10-25-18-7-6-16(11-17(18)14-23-8-4-5-9-23)12-21-24-13-15(2)22-19(24)20/h6-7,11-13H,3-5,8-10,14H2,1-2H3,(H2,20,22). The molecule has 1 aromatic heterocycles. The third-order valence-corrected chi connectivity index (χ3v) is 4.30. The van der Waals surface area contributed by atoms with E-state index in [2.05, 4.69) is 28.0 Å². The molecular formula is C19H27N5O. The molecule has 0 unspecified atom stereocenters. The van der Waals surface area contributed by atoms with Gasteiger partial charge in [0, 0.05) is 12.1 Å². The number of nitrogens with two attached hydrogens (primary N) is 1. The predicted octanol–water partition coefficient (Wildman–Crippen LogP) is 3.04. The van der Waals surface area contributed by atoms with Crippen LogP contribution in [-0.4, -0.2) is 40.5 Å². The van der Waals surface area contributed by atoms with E-state index in [0.29, 0.717) is 5.95 Å². The van der Waals surface area contributed by atoms with Gasteiger partial charge in [0.2, 0.25) is 5.95 Å². The van der Waals surface area contributed by atoms with Crippen molar-refractivity contribution < 1.29 is 4.74 Å². The maximum Gasteiger partial charge on any atom is 0.221 e. The van der Waals surface area contributed by atoms with Crippen LogP contribution in [0.1, 0.15) is 43.0 Å². The Morgan fingerprint density at radius 3 is 2.80 bits per heavy atom. The minimum absolute atomic E-state index is 0.397. The number of nitrogen functional groups attached to an aromatic ring is 1. The van der Waals surface area contributed by atoms with Crippen molar-refractivity contribution in [1.82, 2.24) is 14.6 Å². The highest BCUT2D eigenvalue weighted by Gasteiger charge is 2.14. The van der Waals surface area contributed by atoms with Gasteiger partial charge < -0.3 is 10.5 Å². The second-order valence-corrected chi connectivity index (χ2v) is 6.53. The molecule has 2 N–H and O–H groups in total. The molecular weight excluding hydrogens is 314 g/mol. The number of likely N-dealkylation sites (tertiary alicyclic amines) is 1. The Balaban J connectivity index is 1.80. The van der Waals surface area contributed by atoms with Crippen molar-refractivity contribution in [3.05, 3.63) is 41.2 Å². The van der Waals surface area contributed by atoms with Crippen molar-refractivity contribution in [2.24, 2.45) is 5.10 Å². The second kappa shape index (κ2) is 8.16. The number of anilines is 1. The van der Waals surface area contributed by atoms with Gasteiger partial charge in [-0.1, -0.05) is 6.92 Å². The minimum atomic E-state index is 0.397. The lowest BCUT2D eigenvalue weighted by Gasteiger charge is -2.18. The molecule has 1 aliphatic rings. The molecule has 0 bridgehead atoms. The van der Waals surface area contributed by atoms with Gasteiger partial charge in [0.05, 0.1) is 24.7 Å².